The molecule has 84 valence electrons. The lowest BCUT2D eigenvalue weighted by Gasteiger charge is -2.24. The predicted molar refractivity (Wildman–Crippen MR) is 64.2 cm³/mol. The number of aryl methyl sites for hydroxylation is 2. The van der Waals surface area contributed by atoms with E-state index in [9.17, 15) is 0 Å². The average Bonchev–Trinajstić information content (AvgIpc) is 2.79. The normalized spacial score (nSPS) is 22.5. The van der Waals surface area contributed by atoms with Gasteiger partial charge in [0, 0.05) is 24.0 Å². The standard InChI is InChI=1S/C13H22N2/c1-4-14-9-5-6-13(14)10-15-11(2)7-8-12(15)3/h7-8,13H,4-6,9-10H2,1-3H3/t13-/m1/s1. The van der Waals surface area contributed by atoms with Crippen LogP contribution in [-0.2, 0) is 6.54 Å². The Balaban J connectivity index is 2.08. The zero-order valence-corrected chi connectivity index (χ0v) is 10.2. The van der Waals surface area contributed by atoms with E-state index in [0.717, 1.165) is 6.04 Å². The fourth-order valence-corrected chi connectivity index (χ4v) is 2.72. The van der Waals surface area contributed by atoms with Crippen molar-refractivity contribution in [2.24, 2.45) is 0 Å². The van der Waals surface area contributed by atoms with Gasteiger partial charge in [-0.15, -0.1) is 0 Å². The van der Waals surface area contributed by atoms with Gasteiger partial charge in [-0.3, -0.25) is 4.90 Å². The van der Waals surface area contributed by atoms with Crippen molar-refractivity contribution in [1.29, 1.82) is 0 Å². The molecule has 1 aromatic rings. The van der Waals surface area contributed by atoms with Crippen molar-refractivity contribution in [3.05, 3.63) is 23.5 Å². The quantitative estimate of drug-likeness (QED) is 0.738. The van der Waals surface area contributed by atoms with Crippen LogP contribution >= 0.6 is 0 Å². The smallest absolute Gasteiger partial charge is 0.0380 e. The number of aromatic nitrogens is 1. The summed E-state index contributed by atoms with van der Waals surface area (Å²) in [5, 5.41) is 0. The number of nitrogens with zero attached hydrogens (tertiary/aromatic N) is 2. The second-order valence-electron chi connectivity index (χ2n) is 4.65. The van der Waals surface area contributed by atoms with Gasteiger partial charge in [0.1, 0.15) is 0 Å². The van der Waals surface area contributed by atoms with Crippen molar-refractivity contribution in [2.75, 3.05) is 13.1 Å². The summed E-state index contributed by atoms with van der Waals surface area (Å²) in [5.41, 5.74) is 2.80. The van der Waals surface area contributed by atoms with Gasteiger partial charge < -0.3 is 4.57 Å². The molecule has 0 amide bonds. The Morgan fingerprint density at radius 2 is 1.93 bits per heavy atom. The first-order valence-electron chi connectivity index (χ1n) is 6.09. The van der Waals surface area contributed by atoms with Crippen LogP contribution in [0, 0.1) is 13.8 Å². The first-order valence-corrected chi connectivity index (χ1v) is 6.09. The Kier molecular flexibility index (Phi) is 3.15. The molecule has 0 aromatic carbocycles. The molecule has 0 saturated carbocycles. The summed E-state index contributed by atoms with van der Waals surface area (Å²) in [6, 6.07) is 5.21. The molecule has 2 nitrogen and oxygen atoms in total. The average molecular weight is 206 g/mol. The van der Waals surface area contributed by atoms with Crippen molar-refractivity contribution in [3.63, 3.8) is 0 Å². The van der Waals surface area contributed by atoms with Gasteiger partial charge in [0.25, 0.3) is 0 Å². The highest BCUT2D eigenvalue weighted by Crippen LogP contribution is 2.20. The van der Waals surface area contributed by atoms with Crippen LogP contribution in [0.2, 0.25) is 0 Å². The summed E-state index contributed by atoms with van der Waals surface area (Å²) < 4.78 is 2.46. The Labute approximate surface area is 92.9 Å². The Hall–Kier alpha value is -0.760. The van der Waals surface area contributed by atoms with Crippen LogP contribution in [0.1, 0.15) is 31.2 Å². The molecule has 1 saturated heterocycles. The third-order valence-electron chi connectivity index (χ3n) is 3.72. The molecule has 0 N–H and O–H groups in total. The third-order valence-corrected chi connectivity index (χ3v) is 3.72. The lowest BCUT2D eigenvalue weighted by Crippen LogP contribution is -2.33. The van der Waals surface area contributed by atoms with Gasteiger partial charge in [-0.05, 0) is 51.9 Å². The minimum Gasteiger partial charge on any atom is -0.348 e. The molecular weight excluding hydrogens is 184 g/mol. The molecule has 0 bridgehead atoms. The summed E-state index contributed by atoms with van der Waals surface area (Å²) in [7, 11) is 0. The molecule has 1 aromatic heterocycles. The lowest BCUT2D eigenvalue weighted by atomic mass is 10.2. The van der Waals surface area contributed by atoms with E-state index < -0.39 is 0 Å². The Morgan fingerprint density at radius 1 is 1.27 bits per heavy atom. The van der Waals surface area contributed by atoms with Crippen LogP contribution in [0.3, 0.4) is 0 Å². The SMILES string of the molecule is CCN1CCC[C@@H]1Cn1c(C)ccc1C. The lowest BCUT2D eigenvalue weighted by molar-refractivity contribution is 0.242. The second-order valence-corrected chi connectivity index (χ2v) is 4.65. The zero-order chi connectivity index (χ0) is 10.8. The molecule has 0 unspecified atom stereocenters. The summed E-state index contributed by atoms with van der Waals surface area (Å²) >= 11 is 0. The fraction of sp³-hybridized carbons (Fsp3) is 0.692. The van der Waals surface area contributed by atoms with Gasteiger partial charge in [0.15, 0.2) is 0 Å². The predicted octanol–water partition coefficient (Wildman–Crippen LogP) is 2.59. The van der Waals surface area contributed by atoms with E-state index in [-0.39, 0.29) is 0 Å². The molecule has 2 rings (SSSR count). The zero-order valence-electron chi connectivity index (χ0n) is 10.2. The molecule has 1 aliphatic rings. The molecule has 1 aliphatic heterocycles. The molecule has 15 heavy (non-hydrogen) atoms. The number of rotatable bonds is 3. The third kappa shape index (κ3) is 2.10. The van der Waals surface area contributed by atoms with E-state index in [0.29, 0.717) is 0 Å². The molecule has 0 aliphatic carbocycles. The van der Waals surface area contributed by atoms with E-state index in [1.165, 1.54) is 43.9 Å². The monoisotopic (exact) mass is 206 g/mol. The van der Waals surface area contributed by atoms with E-state index in [4.69, 9.17) is 0 Å². The first kappa shape index (κ1) is 10.7. The van der Waals surface area contributed by atoms with Crippen LogP contribution in [-0.4, -0.2) is 28.6 Å². The van der Waals surface area contributed by atoms with E-state index in [2.05, 4.69) is 42.4 Å². The van der Waals surface area contributed by atoms with Crippen molar-refractivity contribution < 1.29 is 0 Å². The van der Waals surface area contributed by atoms with Crippen LogP contribution in [0.4, 0.5) is 0 Å². The molecule has 2 heteroatoms. The molecule has 1 atom stereocenters. The van der Waals surface area contributed by atoms with Crippen molar-refractivity contribution in [3.8, 4) is 0 Å². The molecule has 1 fully saturated rings. The van der Waals surface area contributed by atoms with Gasteiger partial charge in [-0.2, -0.15) is 0 Å². The van der Waals surface area contributed by atoms with Gasteiger partial charge in [-0.25, -0.2) is 0 Å². The van der Waals surface area contributed by atoms with Crippen molar-refractivity contribution in [2.45, 2.75) is 46.2 Å². The van der Waals surface area contributed by atoms with Gasteiger partial charge in [0.2, 0.25) is 0 Å². The van der Waals surface area contributed by atoms with Gasteiger partial charge >= 0.3 is 0 Å². The highest BCUT2D eigenvalue weighted by molar-refractivity contribution is 5.14. The van der Waals surface area contributed by atoms with Gasteiger partial charge in [-0.1, -0.05) is 6.92 Å². The Bertz CT molecular complexity index is 308. The molecular formula is C13H22N2. The largest absolute Gasteiger partial charge is 0.348 e. The maximum atomic E-state index is 2.61. The topological polar surface area (TPSA) is 8.17 Å². The molecule has 2 heterocycles. The second kappa shape index (κ2) is 4.40. The summed E-state index contributed by atoms with van der Waals surface area (Å²) in [6.45, 7) is 10.4. The van der Waals surface area contributed by atoms with Crippen LogP contribution < -0.4 is 0 Å². The van der Waals surface area contributed by atoms with Crippen LogP contribution in [0.25, 0.3) is 0 Å². The highest BCUT2D eigenvalue weighted by atomic mass is 15.2. The van der Waals surface area contributed by atoms with Crippen LogP contribution in [0.5, 0.6) is 0 Å². The number of hydrogen-bond acceptors (Lipinski definition) is 1. The Morgan fingerprint density at radius 3 is 2.53 bits per heavy atom. The minimum absolute atomic E-state index is 0.764. The number of likely N-dealkylation sites (tertiary alicyclic amines) is 1. The summed E-state index contributed by atoms with van der Waals surface area (Å²) in [4.78, 5) is 2.61. The van der Waals surface area contributed by atoms with Crippen LogP contribution in [0.15, 0.2) is 12.1 Å². The maximum Gasteiger partial charge on any atom is 0.0380 e. The summed E-state index contributed by atoms with van der Waals surface area (Å²) in [5.74, 6) is 0. The van der Waals surface area contributed by atoms with E-state index in [1.54, 1.807) is 0 Å². The van der Waals surface area contributed by atoms with Crippen molar-refractivity contribution >= 4 is 0 Å². The maximum absolute atomic E-state index is 2.61. The minimum atomic E-state index is 0.764. The van der Waals surface area contributed by atoms with E-state index >= 15 is 0 Å². The molecule has 0 radical (unpaired) electrons. The fourth-order valence-electron chi connectivity index (χ4n) is 2.72. The summed E-state index contributed by atoms with van der Waals surface area (Å²) in [6.07, 6.45) is 2.74. The molecule has 0 spiro atoms. The van der Waals surface area contributed by atoms with E-state index in [1.807, 2.05) is 0 Å². The van der Waals surface area contributed by atoms with Gasteiger partial charge in [0.05, 0.1) is 0 Å². The number of likely N-dealkylation sites (N-methyl/N-ethyl adjacent to an activating group) is 1. The van der Waals surface area contributed by atoms with Crippen molar-refractivity contribution in [1.82, 2.24) is 9.47 Å². The first-order chi connectivity index (χ1) is 7.22. The highest BCUT2D eigenvalue weighted by Gasteiger charge is 2.23. The number of hydrogen-bond donors (Lipinski definition) is 0.